The second-order valence-electron chi connectivity index (χ2n) is 6.35. The Morgan fingerprint density at radius 1 is 1.04 bits per heavy atom. The van der Waals surface area contributed by atoms with E-state index in [1.807, 2.05) is 7.05 Å². The SMILES string of the molecule is CN1CCN(C(=O)c2cc(S(=O)(=O)N3CCCC3)ccc2Cl)CC1. The molecule has 0 aliphatic carbocycles. The molecule has 0 saturated carbocycles. The molecular formula is C16H22ClN3O3S. The van der Waals surface area contributed by atoms with E-state index in [-0.39, 0.29) is 16.4 Å². The van der Waals surface area contributed by atoms with Crippen molar-refractivity contribution in [3.05, 3.63) is 28.8 Å². The first-order valence-electron chi connectivity index (χ1n) is 8.17. The second kappa shape index (κ2) is 7.00. The molecule has 2 fully saturated rings. The zero-order chi connectivity index (χ0) is 17.3. The van der Waals surface area contributed by atoms with Crippen LogP contribution in [-0.2, 0) is 10.0 Å². The summed E-state index contributed by atoms with van der Waals surface area (Å²) in [6, 6.07) is 4.42. The number of carbonyl (C=O) groups is 1. The van der Waals surface area contributed by atoms with Gasteiger partial charge in [0.2, 0.25) is 10.0 Å². The lowest BCUT2D eigenvalue weighted by atomic mass is 10.2. The molecule has 1 aromatic carbocycles. The van der Waals surface area contributed by atoms with Gasteiger partial charge in [-0.15, -0.1) is 0 Å². The summed E-state index contributed by atoms with van der Waals surface area (Å²) in [6.45, 7) is 3.91. The van der Waals surface area contributed by atoms with Crippen LogP contribution in [0.15, 0.2) is 23.1 Å². The lowest BCUT2D eigenvalue weighted by molar-refractivity contribution is 0.0664. The highest BCUT2D eigenvalue weighted by Gasteiger charge is 2.29. The van der Waals surface area contributed by atoms with Gasteiger partial charge in [0.25, 0.3) is 5.91 Å². The van der Waals surface area contributed by atoms with Gasteiger partial charge in [-0.25, -0.2) is 8.42 Å². The summed E-state index contributed by atoms with van der Waals surface area (Å²) in [7, 11) is -1.54. The molecule has 0 spiro atoms. The van der Waals surface area contributed by atoms with Crippen LogP contribution in [0.1, 0.15) is 23.2 Å². The molecule has 2 saturated heterocycles. The van der Waals surface area contributed by atoms with Crippen LogP contribution >= 0.6 is 11.6 Å². The van der Waals surface area contributed by atoms with Gasteiger partial charge in [-0.1, -0.05) is 11.6 Å². The zero-order valence-corrected chi connectivity index (χ0v) is 15.3. The van der Waals surface area contributed by atoms with Gasteiger partial charge in [-0.2, -0.15) is 4.31 Å². The van der Waals surface area contributed by atoms with Crippen LogP contribution in [0.25, 0.3) is 0 Å². The maximum atomic E-state index is 12.7. The van der Waals surface area contributed by atoms with E-state index < -0.39 is 10.0 Å². The molecule has 132 valence electrons. The number of halogens is 1. The van der Waals surface area contributed by atoms with Crippen molar-refractivity contribution >= 4 is 27.5 Å². The van der Waals surface area contributed by atoms with Crippen molar-refractivity contribution in [1.82, 2.24) is 14.1 Å². The first-order valence-corrected chi connectivity index (χ1v) is 9.99. The molecule has 1 amide bonds. The molecule has 0 radical (unpaired) electrons. The molecule has 0 atom stereocenters. The fourth-order valence-electron chi connectivity index (χ4n) is 3.09. The smallest absolute Gasteiger partial charge is 0.255 e. The minimum Gasteiger partial charge on any atom is -0.336 e. The van der Waals surface area contributed by atoms with Crippen molar-refractivity contribution in [2.24, 2.45) is 0 Å². The van der Waals surface area contributed by atoms with Crippen LogP contribution in [0.4, 0.5) is 0 Å². The third kappa shape index (κ3) is 3.44. The lowest BCUT2D eigenvalue weighted by Crippen LogP contribution is -2.47. The largest absolute Gasteiger partial charge is 0.336 e. The third-order valence-corrected chi connectivity index (χ3v) is 6.89. The molecule has 1 aromatic rings. The van der Waals surface area contributed by atoms with E-state index in [1.54, 1.807) is 4.90 Å². The molecule has 2 aliphatic heterocycles. The highest BCUT2D eigenvalue weighted by molar-refractivity contribution is 7.89. The number of hydrogen-bond acceptors (Lipinski definition) is 4. The minimum atomic E-state index is -3.56. The molecule has 0 unspecified atom stereocenters. The van der Waals surface area contributed by atoms with Crippen molar-refractivity contribution in [2.45, 2.75) is 17.7 Å². The summed E-state index contributed by atoms with van der Waals surface area (Å²) >= 11 is 6.18. The minimum absolute atomic E-state index is 0.145. The van der Waals surface area contributed by atoms with E-state index in [1.165, 1.54) is 22.5 Å². The van der Waals surface area contributed by atoms with Gasteiger partial charge in [0.15, 0.2) is 0 Å². The first kappa shape index (κ1) is 17.7. The number of piperazine rings is 1. The fraction of sp³-hybridized carbons (Fsp3) is 0.562. The maximum absolute atomic E-state index is 12.7. The number of benzene rings is 1. The van der Waals surface area contributed by atoms with Gasteiger partial charge >= 0.3 is 0 Å². The highest BCUT2D eigenvalue weighted by Crippen LogP contribution is 2.26. The zero-order valence-electron chi connectivity index (χ0n) is 13.7. The molecule has 6 nitrogen and oxygen atoms in total. The number of sulfonamides is 1. The number of rotatable bonds is 3. The van der Waals surface area contributed by atoms with Crippen molar-refractivity contribution in [1.29, 1.82) is 0 Å². The number of nitrogens with zero attached hydrogens (tertiary/aromatic N) is 3. The van der Waals surface area contributed by atoms with E-state index in [4.69, 9.17) is 11.6 Å². The summed E-state index contributed by atoms with van der Waals surface area (Å²) in [5.41, 5.74) is 0.265. The Bertz CT molecular complexity index is 724. The number of amides is 1. The van der Waals surface area contributed by atoms with Crippen molar-refractivity contribution in [3.8, 4) is 0 Å². The monoisotopic (exact) mass is 371 g/mol. The van der Waals surface area contributed by atoms with Crippen LogP contribution in [0.5, 0.6) is 0 Å². The molecule has 0 N–H and O–H groups in total. The fourth-order valence-corrected chi connectivity index (χ4v) is 4.83. The Labute approximate surface area is 148 Å². The van der Waals surface area contributed by atoms with Crippen molar-refractivity contribution < 1.29 is 13.2 Å². The van der Waals surface area contributed by atoms with Gasteiger partial charge < -0.3 is 9.80 Å². The van der Waals surface area contributed by atoms with Gasteiger partial charge in [0.1, 0.15) is 0 Å². The summed E-state index contributed by atoms with van der Waals surface area (Å²) in [5, 5.41) is 0.291. The maximum Gasteiger partial charge on any atom is 0.255 e. The Morgan fingerprint density at radius 2 is 1.67 bits per heavy atom. The Hall–Kier alpha value is -1.15. The van der Waals surface area contributed by atoms with Crippen LogP contribution < -0.4 is 0 Å². The molecule has 2 aliphatic rings. The van der Waals surface area contributed by atoms with Gasteiger partial charge in [0, 0.05) is 39.3 Å². The van der Waals surface area contributed by atoms with Crippen LogP contribution in [0.2, 0.25) is 5.02 Å². The normalized spacial score (nSPS) is 20.5. The Kier molecular flexibility index (Phi) is 5.15. The number of likely N-dealkylation sites (N-methyl/N-ethyl adjacent to an activating group) is 1. The Balaban J connectivity index is 1.87. The van der Waals surface area contributed by atoms with E-state index in [2.05, 4.69) is 4.90 Å². The molecule has 24 heavy (non-hydrogen) atoms. The topological polar surface area (TPSA) is 60.9 Å². The van der Waals surface area contributed by atoms with Crippen molar-refractivity contribution in [3.63, 3.8) is 0 Å². The van der Waals surface area contributed by atoms with Crippen molar-refractivity contribution in [2.75, 3.05) is 46.3 Å². The average Bonchev–Trinajstić information content (AvgIpc) is 3.10. The molecule has 0 aromatic heterocycles. The van der Waals surface area contributed by atoms with Crippen LogP contribution in [-0.4, -0.2) is 74.7 Å². The second-order valence-corrected chi connectivity index (χ2v) is 8.69. The van der Waals surface area contributed by atoms with Gasteiger partial charge in [0.05, 0.1) is 15.5 Å². The standard InChI is InChI=1S/C16H22ClN3O3S/c1-18-8-10-19(11-9-18)16(21)14-12-13(4-5-15(14)17)24(22,23)20-6-2-3-7-20/h4-5,12H,2-3,6-11H2,1H3. The quantitative estimate of drug-likeness (QED) is 0.808. The summed E-state index contributed by atoms with van der Waals surface area (Å²) in [5.74, 6) is -0.202. The Morgan fingerprint density at radius 3 is 2.29 bits per heavy atom. The van der Waals surface area contributed by atoms with Gasteiger partial charge in [-0.3, -0.25) is 4.79 Å². The summed E-state index contributed by atoms with van der Waals surface area (Å²) in [6.07, 6.45) is 1.75. The highest BCUT2D eigenvalue weighted by atomic mass is 35.5. The van der Waals surface area contributed by atoms with E-state index in [9.17, 15) is 13.2 Å². The molecular weight excluding hydrogens is 350 g/mol. The predicted molar refractivity (Wildman–Crippen MR) is 92.8 cm³/mol. The first-order chi connectivity index (χ1) is 11.4. The lowest BCUT2D eigenvalue weighted by Gasteiger charge is -2.32. The number of hydrogen-bond donors (Lipinski definition) is 0. The number of carbonyl (C=O) groups excluding carboxylic acids is 1. The van der Waals surface area contributed by atoms with E-state index in [0.29, 0.717) is 31.2 Å². The summed E-state index contributed by atoms with van der Waals surface area (Å²) < 4.78 is 26.9. The van der Waals surface area contributed by atoms with Crippen LogP contribution in [0.3, 0.4) is 0 Å². The summed E-state index contributed by atoms with van der Waals surface area (Å²) in [4.78, 5) is 16.8. The third-order valence-electron chi connectivity index (χ3n) is 4.66. The average molecular weight is 372 g/mol. The van der Waals surface area contributed by atoms with Crippen LogP contribution in [0, 0.1) is 0 Å². The predicted octanol–water partition coefficient (Wildman–Crippen LogP) is 1.51. The molecule has 2 heterocycles. The molecule has 3 rings (SSSR count). The molecule has 8 heteroatoms. The molecule has 0 bridgehead atoms. The van der Waals surface area contributed by atoms with E-state index >= 15 is 0 Å². The van der Waals surface area contributed by atoms with Gasteiger partial charge in [-0.05, 0) is 38.1 Å². The van der Waals surface area contributed by atoms with E-state index in [0.717, 1.165) is 25.9 Å².